The highest BCUT2D eigenvalue weighted by molar-refractivity contribution is 4.82. The number of hydrogen-bond acceptors (Lipinski definition) is 1. The molecule has 0 radical (unpaired) electrons. The Morgan fingerprint density at radius 3 is 2.23 bits per heavy atom. The van der Waals surface area contributed by atoms with E-state index in [1.165, 1.54) is 12.8 Å². The summed E-state index contributed by atoms with van der Waals surface area (Å²) in [5.41, 5.74) is 0. The largest absolute Gasteiger partial charge is 0.316 e. The molecule has 0 rings (SSSR count). The van der Waals surface area contributed by atoms with Crippen LogP contribution in [-0.4, -0.2) is 13.1 Å². The molecule has 0 atom stereocenters. The van der Waals surface area contributed by atoms with Gasteiger partial charge in [-0.15, -0.1) is 0 Å². The van der Waals surface area contributed by atoms with Gasteiger partial charge in [0.15, 0.2) is 0 Å². The second kappa shape index (κ2) is 8.31. The van der Waals surface area contributed by atoms with Gasteiger partial charge in [-0.25, -0.2) is 0 Å². The number of allylic oxidation sites excluding steroid dienone is 1. The van der Waals surface area contributed by atoms with Crippen molar-refractivity contribution in [1.29, 1.82) is 0 Å². The van der Waals surface area contributed by atoms with Gasteiger partial charge in [0.2, 0.25) is 0 Å². The first-order valence-corrected chi connectivity index (χ1v) is 5.48. The van der Waals surface area contributed by atoms with Gasteiger partial charge >= 0.3 is 0 Å². The highest BCUT2D eigenvalue weighted by atomic mass is 14.8. The second-order valence-corrected chi connectivity index (χ2v) is 4.49. The summed E-state index contributed by atoms with van der Waals surface area (Å²) in [6.45, 7) is 11.2. The molecule has 78 valence electrons. The Morgan fingerprint density at radius 1 is 1.00 bits per heavy atom. The Hall–Kier alpha value is -0.300. The lowest BCUT2D eigenvalue weighted by molar-refractivity contribution is 0.556. The van der Waals surface area contributed by atoms with Crippen LogP contribution in [0.2, 0.25) is 0 Å². The summed E-state index contributed by atoms with van der Waals surface area (Å²) in [6, 6.07) is 0. The molecule has 0 fully saturated rings. The molecular weight excluding hydrogens is 158 g/mol. The maximum atomic E-state index is 3.42. The molecule has 0 aliphatic heterocycles. The van der Waals surface area contributed by atoms with E-state index >= 15 is 0 Å². The van der Waals surface area contributed by atoms with Crippen molar-refractivity contribution in [3.8, 4) is 0 Å². The van der Waals surface area contributed by atoms with Crippen molar-refractivity contribution in [2.24, 2.45) is 11.8 Å². The van der Waals surface area contributed by atoms with E-state index in [1.54, 1.807) is 0 Å². The lowest BCUT2D eigenvalue weighted by atomic mass is 10.1. The third kappa shape index (κ3) is 11.7. The fourth-order valence-corrected chi connectivity index (χ4v) is 1.06. The summed E-state index contributed by atoms with van der Waals surface area (Å²) >= 11 is 0. The van der Waals surface area contributed by atoms with Crippen LogP contribution in [0.25, 0.3) is 0 Å². The molecule has 13 heavy (non-hydrogen) atoms. The minimum Gasteiger partial charge on any atom is -0.316 e. The molecule has 0 saturated carbocycles. The molecule has 0 spiro atoms. The Morgan fingerprint density at radius 2 is 1.69 bits per heavy atom. The van der Waals surface area contributed by atoms with E-state index in [4.69, 9.17) is 0 Å². The van der Waals surface area contributed by atoms with E-state index in [0.717, 1.165) is 24.9 Å². The maximum absolute atomic E-state index is 3.42. The van der Waals surface area contributed by atoms with Crippen LogP contribution in [0.5, 0.6) is 0 Å². The molecule has 0 heterocycles. The summed E-state index contributed by atoms with van der Waals surface area (Å²) in [4.78, 5) is 0. The van der Waals surface area contributed by atoms with E-state index in [-0.39, 0.29) is 0 Å². The molecule has 0 amide bonds. The first-order chi connectivity index (χ1) is 6.13. The van der Waals surface area contributed by atoms with Crippen molar-refractivity contribution < 1.29 is 0 Å². The van der Waals surface area contributed by atoms with Gasteiger partial charge in [0, 0.05) is 0 Å². The summed E-state index contributed by atoms with van der Waals surface area (Å²) in [5.74, 6) is 1.56. The molecule has 0 aromatic rings. The van der Waals surface area contributed by atoms with Crippen molar-refractivity contribution in [1.82, 2.24) is 5.32 Å². The molecule has 0 aliphatic carbocycles. The predicted octanol–water partition coefficient (Wildman–Crippen LogP) is 3.22. The van der Waals surface area contributed by atoms with E-state index in [0.29, 0.717) is 0 Å². The highest BCUT2D eigenvalue weighted by Gasteiger charge is 1.90. The van der Waals surface area contributed by atoms with Crippen LogP contribution in [0, 0.1) is 11.8 Å². The van der Waals surface area contributed by atoms with Crippen molar-refractivity contribution in [3.63, 3.8) is 0 Å². The van der Waals surface area contributed by atoms with Crippen LogP contribution in [0.15, 0.2) is 12.2 Å². The molecular formula is C12H25N. The standard InChI is InChI=1S/C12H25N/c1-11(2)8-6-5-7-9-13-10-12(3)4/h5-6,11-13H,7-10H2,1-4H3. The van der Waals surface area contributed by atoms with Crippen molar-refractivity contribution in [2.45, 2.75) is 40.5 Å². The maximum Gasteiger partial charge on any atom is -0.00142 e. The fraction of sp³-hybridized carbons (Fsp3) is 0.833. The molecule has 0 unspecified atom stereocenters. The van der Waals surface area contributed by atoms with Crippen LogP contribution in [0.1, 0.15) is 40.5 Å². The first-order valence-electron chi connectivity index (χ1n) is 5.48. The average Bonchev–Trinajstić information content (AvgIpc) is 2.01. The van der Waals surface area contributed by atoms with Crippen LogP contribution < -0.4 is 5.32 Å². The normalized spacial score (nSPS) is 12.2. The number of rotatable bonds is 7. The van der Waals surface area contributed by atoms with Gasteiger partial charge in [-0.2, -0.15) is 0 Å². The zero-order valence-electron chi connectivity index (χ0n) is 9.64. The summed E-state index contributed by atoms with van der Waals surface area (Å²) in [7, 11) is 0. The molecule has 0 aromatic carbocycles. The average molecular weight is 183 g/mol. The molecule has 0 aliphatic rings. The zero-order chi connectivity index (χ0) is 10.1. The zero-order valence-corrected chi connectivity index (χ0v) is 9.64. The fourth-order valence-electron chi connectivity index (χ4n) is 1.06. The van der Waals surface area contributed by atoms with Crippen LogP contribution in [0.4, 0.5) is 0 Å². The van der Waals surface area contributed by atoms with E-state index in [2.05, 4.69) is 45.2 Å². The van der Waals surface area contributed by atoms with E-state index in [9.17, 15) is 0 Å². The van der Waals surface area contributed by atoms with Gasteiger partial charge < -0.3 is 5.32 Å². The number of nitrogens with one attached hydrogen (secondary N) is 1. The lowest BCUT2D eigenvalue weighted by Gasteiger charge is -2.04. The van der Waals surface area contributed by atoms with Gasteiger partial charge in [0.05, 0.1) is 0 Å². The Labute approximate surface area is 83.6 Å². The third-order valence-electron chi connectivity index (χ3n) is 1.81. The highest BCUT2D eigenvalue weighted by Crippen LogP contribution is 2.00. The summed E-state index contributed by atoms with van der Waals surface area (Å²) < 4.78 is 0. The van der Waals surface area contributed by atoms with Gasteiger partial charge in [-0.1, -0.05) is 39.8 Å². The van der Waals surface area contributed by atoms with Gasteiger partial charge in [-0.05, 0) is 37.8 Å². The summed E-state index contributed by atoms with van der Waals surface area (Å²) in [5, 5.41) is 3.42. The van der Waals surface area contributed by atoms with E-state index in [1.807, 2.05) is 0 Å². The monoisotopic (exact) mass is 183 g/mol. The Bertz CT molecular complexity index is 125. The van der Waals surface area contributed by atoms with Crippen LogP contribution in [-0.2, 0) is 0 Å². The molecule has 0 aromatic heterocycles. The van der Waals surface area contributed by atoms with Crippen LogP contribution in [0.3, 0.4) is 0 Å². The van der Waals surface area contributed by atoms with Crippen molar-refractivity contribution in [2.75, 3.05) is 13.1 Å². The minimum absolute atomic E-state index is 0.764. The molecule has 1 heteroatoms. The SMILES string of the molecule is CC(C)CC=CCCNCC(C)C. The quantitative estimate of drug-likeness (QED) is 0.472. The summed E-state index contributed by atoms with van der Waals surface area (Å²) in [6.07, 6.45) is 6.96. The van der Waals surface area contributed by atoms with Crippen molar-refractivity contribution >= 4 is 0 Å². The smallest absolute Gasteiger partial charge is 0.00142 e. The third-order valence-corrected chi connectivity index (χ3v) is 1.81. The minimum atomic E-state index is 0.764. The van der Waals surface area contributed by atoms with E-state index < -0.39 is 0 Å². The Kier molecular flexibility index (Phi) is 8.11. The molecule has 1 nitrogen and oxygen atoms in total. The second-order valence-electron chi connectivity index (χ2n) is 4.49. The molecule has 0 bridgehead atoms. The first kappa shape index (κ1) is 12.7. The van der Waals surface area contributed by atoms with Gasteiger partial charge in [0.25, 0.3) is 0 Å². The van der Waals surface area contributed by atoms with Crippen LogP contribution >= 0.6 is 0 Å². The number of hydrogen-bond donors (Lipinski definition) is 1. The van der Waals surface area contributed by atoms with Crippen molar-refractivity contribution in [3.05, 3.63) is 12.2 Å². The predicted molar refractivity (Wildman–Crippen MR) is 60.9 cm³/mol. The van der Waals surface area contributed by atoms with Gasteiger partial charge in [0.1, 0.15) is 0 Å². The molecule has 1 N–H and O–H groups in total. The van der Waals surface area contributed by atoms with Gasteiger partial charge in [-0.3, -0.25) is 0 Å². The molecule has 0 saturated heterocycles. The lowest BCUT2D eigenvalue weighted by Crippen LogP contribution is -2.20. The Balaban J connectivity index is 3.11. The topological polar surface area (TPSA) is 12.0 Å².